The Morgan fingerprint density at radius 2 is 1.74 bits per heavy atom. The van der Waals surface area contributed by atoms with E-state index in [9.17, 15) is 14.4 Å². The topological polar surface area (TPSA) is 116 Å². The Kier molecular flexibility index (Phi) is 5.86. The van der Waals surface area contributed by atoms with Crippen LogP contribution in [-0.2, 0) is 9.59 Å². The number of hydrogen-bond donors (Lipinski definition) is 4. The van der Waals surface area contributed by atoms with Crippen molar-refractivity contribution in [1.82, 2.24) is 9.97 Å². The zero-order chi connectivity index (χ0) is 22.1. The van der Waals surface area contributed by atoms with E-state index in [1.807, 2.05) is 0 Å². The van der Waals surface area contributed by atoms with Crippen molar-refractivity contribution in [2.24, 2.45) is 0 Å². The zero-order valence-corrected chi connectivity index (χ0v) is 17.9. The molecule has 4 rings (SSSR count). The number of fused-ring (bicyclic) bond motifs is 1. The molecule has 0 spiro atoms. The van der Waals surface area contributed by atoms with Crippen LogP contribution in [0, 0.1) is 0 Å². The summed E-state index contributed by atoms with van der Waals surface area (Å²) in [4.78, 5) is 44.7. The summed E-state index contributed by atoms with van der Waals surface area (Å²) in [5, 5.41) is 9.30. The monoisotopic (exact) mass is 477 g/mol. The first kappa shape index (κ1) is 21.2. The molecule has 31 heavy (non-hydrogen) atoms. The molecular formula is C20H14Cl3N5O3. The average Bonchev–Trinajstić information content (AvgIpc) is 2.71. The summed E-state index contributed by atoms with van der Waals surface area (Å²) >= 11 is 17.9. The molecule has 2 aromatic carbocycles. The van der Waals surface area contributed by atoms with Crippen molar-refractivity contribution < 1.29 is 9.59 Å². The SMILES string of the molecule is O=C1C[C@@H](C(=O)Nc2cc(Cl)ccc2Cl)c2c(nc(Nc3ccc(Cl)cc3)[nH]c2=O)N1. The number of H-pyrrole nitrogens is 1. The van der Waals surface area contributed by atoms with Crippen LogP contribution in [0.3, 0.4) is 0 Å². The fourth-order valence-corrected chi connectivity index (χ4v) is 3.60. The Morgan fingerprint density at radius 3 is 2.48 bits per heavy atom. The number of anilines is 4. The molecule has 158 valence electrons. The standard InChI is InChI=1S/C20H14Cl3N5O3/c21-9-1-4-11(5-2-9)24-20-27-17-16(19(31)28-20)12(8-15(29)26-17)18(30)25-14-7-10(22)3-6-13(14)23/h1-7,12H,8H2,(H,25,30)(H3,24,26,27,28,29,31)/t12-/m1/s1. The molecule has 0 radical (unpaired) electrons. The number of hydrogen-bond acceptors (Lipinski definition) is 5. The van der Waals surface area contributed by atoms with E-state index in [0.29, 0.717) is 15.7 Å². The second-order valence-electron chi connectivity index (χ2n) is 6.73. The van der Waals surface area contributed by atoms with Crippen LogP contribution in [0.15, 0.2) is 47.3 Å². The van der Waals surface area contributed by atoms with Gasteiger partial charge in [-0.15, -0.1) is 0 Å². The minimum absolute atomic E-state index is 0.00815. The first-order valence-corrected chi connectivity index (χ1v) is 10.2. The van der Waals surface area contributed by atoms with E-state index >= 15 is 0 Å². The molecule has 2 amide bonds. The molecule has 1 aliphatic heterocycles. The normalized spacial score (nSPS) is 15.1. The number of rotatable bonds is 4. The molecule has 0 saturated heterocycles. The van der Waals surface area contributed by atoms with Crippen LogP contribution < -0.4 is 21.5 Å². The number of aromatic amines is 1. The van der Waals surface area contributed by atoms with Gasteiger partial charge >= 0.3 is 0 Å². The van der Waals surface area contributed by atoms with E-state index in [4.69, 9.17) is 34.8 Å². The van der Waals surface area contributed by atoms with Gasteiger partial charge in [-0.1, -0.05) is 34.8 Å². The van der Waals surface area contributed by atoms with E-state index in [2.05, 4.69) is 25.9 Å². The van der Waals surface area contributed by atoms with E-state index in [1.54, 1.807) is 30.3 Å². The quantitative estimate of drug-likeness (QED) is 0.439. The minimum Gasteiger partial charge on any atom is -0.326 e. The van der Waals surface area contributed by atoms with Crippen molar-refractivity contribution in [3.05, 3.63) is 73.4 Å². The largest absolute Gasteiger partial charge is 0.326 e. The van der Waals surface area contributed by atoms with Crippen LogP contribution in [-0.4, -0.2) is 21.8 Å². The molecule has 11 heteroatoms. The highest BCUT2D eigenvalue weighted by molar-refractivity contribution is 6.35. The van der Waals surface area contributed by atoms with Gasteiger partial charge in [-0.05, 0) is 42.5 Å². The Morgan fingerprint density at radius 1 is 1.03 bits per heavy atom. The van der Waals surface area contributed by atoms with Gasteiger partial charge in [0.25, 0.3) is 5.56 Å². The van der Waals surface area contributed by atoms with Crippen molar-refractivity contribution in [2.45, 2.75) is 12.3 Å². The number of nitrogens with one attached hydrogen (secondary N) is 4. The lowest BCUT2D eigenvalue weighted by molar-refractivity contribution is -0.123. The highest BCUT2D eigenvalue weighted by atomic mass is 35.5. The summed E-state index contributed by atoms with van der Waals surface area (Å²) in [5.41, 5.74) is 0.396. The lowest BCUT2D eigenvalue weighted by Gasteiger charge is -2.24. The lowest BCUT2D eigenvalue weighted by Crippen LogP contribution is -2.36. The third kappa shape index (κ3) is 4.66. The van der Waals surface area contributed by atoms with Gasteiger partial charge in [0.2, 0.25) is 17.8 Å². The van der Waals surface area contributed by atoms with Gasteiger partial charge in [0, 0.05) is 22.2 Å². The molecule has 2 heterocycles. The van der Waals surface area contributed by atoms with Gasteiger partial charge in [0.05, 0.1) is 22.2 Å². The summed E-state index contributed by atoms with van der Waals surface area (Å²) in [6.45, 7) is 0. The summed E-state index contributed by atoms with van der Waals surface area (Å²) in [6, 6.07) is 11.3. The summed E-state index contributed by atoms with van der Waals surface area (Å²) in [5.74, 6) is -1.97. The second kappa shape index (κ2) is 8.58. The van der Waals surface area contributed by atoms with Crippen molar-refractivity contribution in [3.63, 3.8) is 0 Å². The third-order valence-electron chi connectivity index (χ3n) is 4.56. The molecule has 0 fully saturated rings. The predicted octanol–water partition coefficient (Wildman–Crippen LogP) is 4.54. The van der Waals surface area contributed by atoms with Crippen LogP contribution in [0.25, 0.3) is 0 Å². The van der Waals surface area contributed by atoms with Crippen molar-refractivity contribution in [2.75, 3.05) is 16.0 Å². The van der Waals surface area contributed by atoms with Crippen LogP contribution >= 0.6 is 34.8 Å². The van der Waals surface area contributed by atoms with Gasteiger partial charge in [0.1, 0.15) is 5.82 Å². The predicted molar refractivity (Wildman–Crippen MR) is 121 cm³/mol. The van der Waals surface area contributed by atoms with E-state index in [-0.39, 0.29) is 34.5 Å². The number of amides is 2. The Labute approximate surface area is 190 Å². The zero-order valence-electron chi connectivity index (χ0n) is 15.6. The summed E-state index contributed by atoms with van der Waals surface area (Å²) in [7, 11) is 0. The van der Waals surface area contributed by atoms with E-state index in [0.717, 1.165) is 0 Å². The van der Waals surface area contributed by atoms with Crippen LogP contribution in [0.5, 0.6) is 0 Å². The van der Waals surface area contributed by atoms with Crippen molar-refractivity contribution in [3.8, 4) is 0 Å². The minimum atomic E-state index is -1.06. The Balaban J connectivity index is 1.65. The second-order valence-corrected chi connectivity index (χ2v) is 8.01. The third-order valence-corrected chi connectivity index (χ3v) is 5.38. The molecule has 1 aromatic heterocycles. The molecule has 1 atom stereocenters. The van der Waals surface area contributed by atoms with Gasteiger partial charge < -0.3 is 16.0 Å². The number of nitrogens with zero attached hydrogens (tertiary/aromatic N) is 1. The number of carbonyl (C=O) groups excluding carboxylic acids is 2. The number of aromatic nitrogens is 2. The van der Waals surface area contributed by atoms with Gasteiger partial charge in [-0.2, -0.15) is 4.98 Å². The molecule has 3 aromatic rings. The fourth-order valence-electron chi connectivity index (χ4n) is 3.14. The molecule has 0 unspecified atom stereocenters. The molecule has 8 nitrogen and oxygen atoms in total. The summed E-state index contributed by atoms with van der Waals surface area (Å²) < 4.78 is 0. The Hall–Kier alpha value is -3.07. The average molecular weight is 479 g/mol. The highest BCUT2D eigenvalue weighted by Crippen LogP contribution is 2.32. The van der Waals surface area contributed by atoms with Crippen LogP contribution in [0.2, 0.25) is 15.1 Å². The number of halogens is 3. The van der Waals surface area contributed by atoms with Crippen molar-refractivity contribution >= 4 is 69.8 Å². The maximum absolute atomic E-state index is 12.9. The van der Waals surface area contributed by atoms with Gasteiger partial charge in [0.15, 0.2) is 0 Å². The Bertz CT molecular complexity index is 1240. The van der Waals surface area contributed by atoms with E-state index < -0.39 is 23.3 Å². The molecule has 1 aliphatic rings. The van der Waals surface area contributed by atoms with Crippen molar-refractivity contribution in [1.29, 1.82) is 0 Å². The summed E-state index contributed by atoms with van der Waals surface area (Å²) in [6.07, 6.45) is -0.217. The molecular weight excluding hydrogens is 465 g/mol. The fraction of sp³-hybridized carbons (Fsp3) is 0.100. The molecule has 0 saturated carbocycles. The highest BCUT2D eigenvalue weighted by Gasteiger charge is 2.35. The van der Waals surface area contributed by atoms with Gasteiger partial charge in [-0.25, -0.2) is 0 Å². The number of carbonyl (C=O) groups is 2. The van der Waals surface area contributed by atoms with Gasteiger partial charge in [-0.3, -0.25) is 19.4 Å². The van der Waals surface area contributed by atoms with Crippen LogP contribution in [0.1, 0.15) is 17.9 Å². The first-order valence-electron chi connectivity index (χ1n) is 9.03. The smallest absolute Gasteiger partial charge is 0.258 e. The lowest BCUT2D eigenvalue weighted by atomic mass is 9.92. The number of benzene rings is 2. The van der Waals surface area contributed by atoms with E-state index in [1.165, 1.54) is 12.1 Å². The maximum atomic E-state index is 12.9. The van der Waals surface area contributed by atoms with Crippen LogP contribution in [0.4, 0.5) is 23.1 Å². The molecule has 4 N–H and O–H groups in total. The molecule has 0 bridgehead atoms. The maximum Gasteiger partial charge on any atom is 0.258 e. The first-order chi connectivity index (χ1) is 14.8. The molecule has 0 aliphatic carbocycles.